The molecule has 0 aliphatic carbocycles. The predicted molar refractivity (Wildman–Crippen MR) is 33.4 cm³/mol. The molecule has 0 aromatic heterocycles. The third kappa shape index (κ3) is 11.7. The van der Waals surface area contributed by atoms with Gasteiger partial charge in [-0.15, -0.1) is 0 Å². The van der Waals surface area contributed by atoms with E-state index in [4.69, 9.17) is 21.8 Å². The van der Waals surface area contributed by atoms with E-state index in [0.29, 0.717) is 0 Å². The summed E-state index contributed by atoms with van der Waals surface area (Å²) in [6.45, 7) is 0. The molecule has 9 heavy (non-hydrogen) atoms. The molecule has 1 unspecified atom stereocenters. The Hall–Kier alpha value is 0.290. The molecule has 0 saturated heterocycles. The van der Waals surface area contributed by atoms with Gasteiger partial charge in [0, 0.05) is 25.8 Å². The van der Waals surface area contributed by atoms with Crippen LogP contribution in [0.25, 0.3) is 0 Å². The molecule has 6 nitrogen and oxygen atoms in total. The normalized spacial score (nSPS) is 11.2. The maximum absolute atomic E-state index is 6.72. The van der Waals surface area contributed by atoms with Crippen molar-refractivity contribution in [2.24, 2.45) is 11.2 Å². The molecule has 0 fully saturated rings. The van der Waals surface area contributed by atoms with Crippen molar-refractivity contribution in [3.05, 3.63) is 0 Å². The fraction of sp³-hybridized carbons (Fsp3) is 0. The van der Waals surface area contributed by atoms with Crippen LogP contribution in [0.4, 0.5) is 0 Å². The predicted octanol–water partition coefficient (Wildman–Crippen LogP) is -1.26. The average molecular weight is 315 g/mol. The largest absolute Gasteiger partial charge is 0.369 e. The molecule has 0 aliphatic heterocycles. The van der Waals surface area contributed by atoms with Crippen molar-refractivity contribution in [1.29, 1.82) is 10.6 Å². The molecule has 8 N–H and O–H groups in total. The summed E-state index contributed by atoms with van der Waals surface area (Å²) in [6.07, 6.45) is 0. The van der Waals surface area contributed by atoms with Crippen LogP contribution in [0, 0.1) is 10.6 Å². The Morgan fingerprint density at radius 3 is 2.11 bits per heavy atom. The summed E-state index contributed by atoms with van der Waals surface area (Å²) in [5.41, 5.74) is 12.0. The van der Waals surface area contributed by atoms with E-state index >= 15 is 0 Å². The third-order valence-electron chi connectivity index (χ3n) is 0.332. The van der Waals surface area contributed by atoms with Crippen LogP contribution in [0.15, 0.2) is 0 Å². The third-order valence-corrected chi connectivity index (χ3v) is 0.726. The Labute approximate surface area is 72.4 Å². The second-order valence-corrected chi connectivity index (χ2v) is 2.15. The molecule has 0 radical (unpaired) electrons. The van der Waals surface area contributed by atoms with Gasteiger partial charge in [-0.2, -0.15) is 5.20 Å². The first-order chi connectivity index (χ1) is 3.63. The van der Waals surface area contributed by atoms with E-state index in [-0.39, 0.29) is 31.8 Å². The van der Waals surface area contributed by atoms with Crippen molar-refractivity contribution in [1.82, 2.24) is 10.6 Å². The average Bonchev–Trinajstić information content (AvgIpc) is 1.61. The maximum Gasteiger partial charge on any atom is 0.200 e. The standard InChI is InChI=1S/CH9N6P.Hf/c2-1(3)6-7-8(4)5;/h8H,(H4,2,3,6)(H4,4,5,7);. The first kappa shape index (κ1) is 12.0. The van der Waals surface area contributed by atoms with Gasteiger partial charge in [0.1, 0.15) is 0 Å². The zero-order chi connectivity index (χ0) is 6.57. The van der Waals surface area contributed by atoms with Gasteiger partial charge in [0.05, 0.1) is 8.01 Å². The van der Waals surface area contributed by atoms with Gasteiger partial charge in [-0.05, 0) is 0 Å². The number of hydrogen-bond donors (Lipinski definition) is 6. The van der Waals surface area contributed by atoms with Gasteiger partial charge in [0.15, 0.2) is 0 Å². The van der Waals surface area contributed by atoms with Crippen molar-refractivity contribution in [2.45, 2.75) is 0 Å². The molecule has 0 rings (SSSR count). The fourth-order valence-electron chi connectivity index (χ4n) is 0.135. The van der Waals surface area contributed by atoms with Crippen molar-refractivity contribution < 1.29 is 25.8 Å². The van der Waals surface area contributed by atoms with Crippen LogP contribution in [0.5, 0.6) is 0 Å². The molecule has 0 bridgehead atoms. The number of nitrogens with two attached hydrogens (primary N) is 2. The summed E-state index contributed by atoms with van der Waals surface area (Å²) in [4.78, 5) is 0. The zero-order valence-electron chi connectivity index (χ0n) is 4.65. The molecule has 0 heterocycles. The Kier molecular flexibility index (Phi) is 8.56. The summed E-state index contributed by atoms with van der Waals surface area (Å²) in [6, 6.07) is 0. The first-order valence-corrected chi connectivity index (χ1v) is 3.40. The first-order valence-electron chi connectivity index (χ1n) is 1.83. The monoisotopic (exact) mass is 316 g/mol. The van der Waals surface area contributed by atoms with Gasteiger partial charge in [-0.3, -0.25) is 21.5 Å². The zero-order valence-corrected chi connectivity index (χ0v) is 9.25. The fourth-order valence-corrected chi connectivity index (χ4v) is 0.404. The van der Waals surface area contributed by atoms with Gasteiger partial charge in [0.25, 0.3) is 0 Å². The minimum Gasteiger partial charge on any atom is -0.369 e. The van der Waals surface area contributed by atoms with E-state index in [1.807, 2.05) is 0 Å². The summed E-state index contributed by atoms with van der Waals surface area (Å²) >= 11 is 0. The Morgan fingerprint density at radius 2 is 2.00 bits per heavy atom. The molecule has 0 aromatic rings. The molecule has 52 valence electrons. The van der Waals surface area contributed by atoms with E-state index < -0.39 is 8.01 Å². The number of nitrogens with one attached hydrogen (secondary N) is 4. The van der Waals surface area contributed by atoms with Crippen LogP contribution < -0.4 is 21.9 Å². The number of rotatable bonds is 2. The molecule has 0 amide bonds. The smallest absolute Gasteiger partial charge is 0.200 e. The number of hydrazine groups is 1. The quantitative estimate of drug-likeness (QED) is 0.125. The molecular weight excluding hydrogens is 306 g/mol. The van der Waals surface area contributed by atoms with Crippen LogP contribution >= 0.6 is 8.01 Å². The van der Waals surface area contributed by atoms with E-state index in [9.17, 15) is 0 Å². The Balaban J connectivity index is 0. The second-order valence-electron chi connectivity index (χ2n) is 1.08. The van der Waals surface area contributed by atoms with Crippen LogP contribution in [0.3, 0.4) is 0 Å². The molecule has 0 aliphatic rings. The van der Waals surface area contributed by atoms with Crippen LogP contribution in [-0.4, -0.2) is 5.96 Å². The topological polar surface area (TPSA) is 124 Å². The van der Waals surface area contributed by atoms with Crippen molar-refractivity contribution in [2.75, 3.05) is 0 Å². The minimum absolute atomic E-state index is 0. The van der Waals surface area contributed by atoms with Crippen molar-refractivity contribution >= 4 is 14.0 Å². The molecule has 1 atom stereocenters. The van der Waals surface area contributed by atoms with Crippen LogP contribution in [0.2, 0.25) is 0 Å². The molecule has 0 spiro atoms. The molecule has 0 saturated carbocycles. The maximum atomic E-state index is 6.72. The Bertz CT molecular complexity index is 97.6. The van der Waals surface area contributed by atoms with E-state index in [1.54, 1.807) is 0 Å². The van der Waals surface area contributed by atoms with Gasteiger partial charge >= 0.3 is 0 Å². The summed E-state index contributed by atoms with van der Waals surface area (Å²) in [5, 5.41) is 15.6. The minimum atomic E-state index is -1.76. The molecule has 8 heteroatoms. The second kappa shape index (κ2) is 6.41. The van der Waals surface area contributed by atoms with Gasteiger partial charge in [-0.1, -0.05) is 0 Å². The number of hydrogen-bond acceptors (Lipinski definition) is 2. The van der Waals surface area contributed by atoms with E-state index in [0.717, 1.165) is 0 Å². The van der Waals surface area contributed by atoms with Gasteiger partial charge in [-0.25, -0.2) is 0 Å². The van der Waals surface area contributed by atoms with Gasteiger partial charge < -0.3 is 5.73 Å². The van der Waals surface area contributed by atoms with Crippen LogP contribution in [0.1, 0.15) is 0 Å². The molecule has 0 aromatic carbocycles. The Morgan fingerprint density at radius 1 is 1.56 bits per heavy atom. The van der Waals surface area contributed by atoms with Crippen molar-refractivity contribution in [3.63, 3.8) is 0 Å². The van der Waals surface area contributed by atoms with Crippen LogP contribution in [-0.2, 0) is 25.8 Å². The SMILES string of the molecule is N=C(N)NN[PH](=N)N.[Hf]. The molecular formula is CH9HfN6P. The number of guanidine groups is 1. The summed E-state index contributed by atoms with van der Waals surface area (Å²) in [7, 11) is -1.76. The van der Waals surface area contributed by atoms with Gasteiger partial charge in [0.2, 0.25) is 5.96 Å². The van der Waals surface area contributed by atoms with E-state index in [2.05, 4.69) is 10.6 Å². The summed E-state index contributed by atoms with van der Waals surface area (Å²) in [5.74, 6) is -0.231. The van der Waals surface area contributed by atoms with E-state index in [1.165, 1.54) is 0 Å². The van der Waals surface area contributed by atoms with Crippen molar-refractivity contribution in [3.8, 4) is 0 Å². The summed E-state index contributed by atoms with van der Waals surface area (Å²) < 4.78 is 0.